The topological polar surface area (TPSA) is 43.8 Å². The van der Waals surface area contributed by atoms with E-state index in [1.54, 1.807) is 4.68 Å². The lowest BCUT2D eigenvalue weighted by Gasteiger charge is -2.14. The van der Waals surface area contributed by atoms with Gasteiger partial charge in [0, 0.05) is 12.6 Å². The number of aromatic nitrogens is 2. The molecule has 3 nitrogen and oxygen atoms in total. The highest BCUT2D eigenvalue weighted by atomic mass is 15.3. The van der Waals surface area contributed by atoms with E-state index < -0.39 is 0 Å². The maximum absolute atomic E-state index is 6.08. The highest BCUT2D eigenvalue weighted by Gasteiger charge is 2.13. The molecule has 2 N–H and O–H groups in total. The van der Waals surface area contributed by atoms with Crippen molar-refractivity contribution in [2.24, 2.45) is 7.05 Å². The van der Waals surface area contributed by atoms with E-state index in [4.69, 9.17) is 5.73 Å². The van der Waals surface area contributed by atoms with Crippen molar-refractivity contribution in [1.29, 1.82) is 0 Å². The summed E-state index contributed by atoms with van der Waals surface area (Å²) in [6.07, 6.45) is 1.85. The first-order chi connectivity index (χ1) is 8.41. The summed E-state index contributed by atoms with van der Waals surface area (Å²) in [5.41, 5.74) is 12.2. The van der Waals surface area contributed by atoms with Gasteiger partial charge in [0.2, 0.25) is 0 Å². The van der Waals surface area contributed by atoms with Gasteiger partial charge in [-0.15, -0.1) is 0 Å². The summed E-state index contributed by atoms with van der Waals surface area (Å²) in [5.74, 6) is 1.24. The highest BCUT2D eigenvalue weighted by Crippen LogP contribution is 2.32. The molecule has 2 aromatic rings. The molecule has 1 heterocycles. The first kappa shape index (κ1) is 12.7. The molecule has 0 aliphatic carbocycles. The molecule has 0 atom stereocenters. The summed E-state index contributed by atoms with van der Waals surface area (Å²) in [4.78, 5) is 0. The molecule has 0 aliphatic rings. The van der Waals surface area contributed by atoms with E-state index in [1.165, 1.54) is 22.3 Å². The Hall–Kier alpha value is -1.77. The summed E-state index contributed by atoms with van der Waals surface area (Å²) in [7, 11) is 1.87. The number of benzene rings is 1. The van der Waals surface area contributed by atoms with Crippen LogP contribution >= 0.6 is 0 Å². The first-order valence-corrected chi connectivity index (χ1v) is 6.30. The quantitative estimate of drug-likeness (QED) is 0.878. The minimum Gasteiger partial charge on any atom is -0.383 e. The second-order valence-electron chi connectivity index (χ2n) is 5.23. The molecular weight excluding hydrogens is 222 g/mol. The lowest BCUT2D eigenvalue weighted by molar-refractivity contribution is 0.779. The maximum atomic E-state index is 6.08. The molecule has 0 saturated carbocycles. The highest BCUT2D eigenvalue weighted by molar-refractivity contribution is 5.77. The average molecular weight is 243 g/mol. The van der Waals surface area contributed by atoms with Crippen molar-refractivity contribution in [3.05, 3.63) is 35.0 Å². The monoisotopic (exact) mass is 243 g/mol. The number of nitrogens with zero attached hydrogens (tertiary/aromatic N) is 2. The molecule has 1 aromatic heterocycles. The second-order valence-corrected chi connectivity index (χ2v) is 5.23. The summed E-state index contributed by atoms with van der Waals surface area (Å²) in [6.45, 7) is 8.71. The van der Waals surface area contributed by atoms with Gasteiger partial charge in [-0.1, -0.05) is 26.0 Å². The molecule has 96 valence electrons. The van der Waals surface area contributed by atoms with Crippen LogP contribution in [0.25, 0.3) is 11.1 Å². The van der Waals surface area contributed by atoms with Gasteiger partial charge in [0.1, 0.15) is 5.82 Å². The van der Waals surface area contributed by atoms with E-state index in [-0.39, 0.29) is 0 Å². The van der Waals surface area contributed by atoms with Crippen LogP contribution in [0.3, 0.4) is 0 Å². The molecule has 1 aromatic carbocycles. The predicted octanol–water partition coefficient (Wildman–Crippen LogP) is 3.41. The van der Waals surface area contributed by atoms with E-state index >= 15 is 0 Å². The largest absolute Gasteiger partial charge is 0.383 e. The van der Waals surface area contributed by atoms with Gasteiger partial charge in [0.25, 0.3) is 0 Å². The fourth-order valence-corrected chi connectivity index (χ4v) is 2.15. The van der Waals surface area contributed by atoms with Gasteiger partial charge >= 0.3 is 0 Å². The van der Waals surface area contributed by atoms with Crippen LogP contribution in [0.4, 0.5) is 5.82 Å². The molecule has 0 spiro atoms. The number of rotatable bonds is 2. The number of nitrogens with two attached hydrogens (primary N) is 1. The SMILES string of the molecule is Cc1cc(C(C)C)cc(-c2cnn(C)c2N)c1C. The zero-order valence-corrected chi connectivity index (χ0v) is 11.8. The maximum Gasteiger partial charge on any atom is 0.129 e. The van der Waals surface area contributed by atoms with Crippen LogP contribution in [-0.4, -0.2) is 9.78 Å². The van der Waals surface area contributed by atoms with Gasteiger partial charge in [-0.25, -0.2) is 0 Å². The molecule has 0 amide bonds. The van der Waals surface area contributed by atoms with Crippen LogP contribution < -0.4 is 5.73 Å². The second kappa shape index (κ2) is 4.48. The Bertz CT molecular complexity index is 580. The Labute approximate surface area is 109 Å². The zero-order chi connectivity index (χ0) is 13.4. The van der Waals surface area contributed by atoms with Gasteiger partial charge in [0.15, 0.2) is 0 Å². The molecule has 0 unspecified atom stereocenters. The fourth-order valence-electron chi connectivity index (χ4n) is 2.15. The molecule has 3 heteroatoms. The molecule has 0 aliphatic heterocycles. The van der Waals surface area contributed by atoms with E-state index in [0.29, 0.717) is 5.92 Å². The molecule has 0 saturated heterocycles. The predicted molar refractivity (Wildman–Crippen MR) is 76.6 cm³/mol. The molecule has 0 fully saturated rings. The summed E-state index contributed by atoms with van der Waals surface area (Å²) in [6, 6.07) is 4.50. The summed E-state index contributed by atoms with van der Waals surface area (Å²) in [5, 5.41) is 4.23. The Balaban J connectivity index is 2.67. The van der Waals surface area contributed by atoms with Gasteiger partial charge in [-0.05, 0) is 42.0 Å². The minimum absolute atomic E-state index is 0.515. The van der Waals surface area contributed by atoms with Gasteiger partial charge < -0.3 is 5.73 Å². The van der Waals surface area contributed by atoms with Crippen LogP contribution in [0.5, 0.6) is 0 Å². The molecule has 0 bridgehead atoms. The summed E-state index contributed by atoms with van der Waals surface area (Å²) >= 11 is 0. The van der Waals surface area contributed by atoms with E-state index in [1.807, 2.05) is 13.2 Å². The smallest absolute Gasteiger partial charge is 0.129 e. The third-order valence-electron chi connectivity index (χ3n) is 3.63. The van der Waals surface area contributed by atoms with Crippen molar-refractivity contribution in [2.45, 2.75) is 33.6 Å². The van der Waals surface area contributed by atoms with Gasteiger partial charge in [-0.2, -0.15) is 5.10 Å². The Morgan fingerprint density at radius 2 is 1.83 bits per heavy atom. The van der Waals surface area contributed by atoms with E-state index in [0.717, 1.165) is 11.4 Å². The third-order valence-corrected chi connectivity index (χ3v) is 3.63. The lowest BCUT2D eigenvalue weighted by atomic mass is 9.91. The van der Waals surface area contributed by atoms with Crippen molar-refractivity contribution in [2.75, 3.05) is 5.73 Å². The molecule has 2 rings (SSSR count). The number of hydrogen-bond acceptors (Lipinski definition) is 2. The van der Waals surface area contributed by atoms with Crippen LogP contribution in [0.1, 0.15) is 36.5 Å². The minimum atomic E-state index is 0.515. The van der Waals surface area contributed by atoms with Crippen molar-refractivity contribution in [1.82, 2.24) is 9.78 Å². The molecular formula is C15H21N3. The van der Waals surface area contributed by atoms with Crippen molar-refractivity contribution < 1.29 is 0 Å². The van der Waals surface area contributed by atoms with Crippen molar-refractivity contribution in [3.63, 3.8) is 0 Å². The number of anilines is 1. The van der Waals surface area contributed by atoms with Crippen LogP contribution in [0, 0.1) is 13.8 Å². The summed E-state index contributed by atoms with van der Waals surface area (Å²) < 4.78 is 1.71. The van der Waals surface area contributed by atoms with Gasteiger partial charge in [-0.3, -0.25) is 4.68 Å². The average Bonchev–Trinajstić information content (AvgIpc) is 2.63. The zero-order valence-electron chi connectivity index (χ0n) is 11.8. The van der Waals surface area contributed by atoms with Crippen molar-refractivity contribution >= 4 is 5.82 Å². The Morgan fingerprint density at radius 1 is 1.17 bits per heavy atom. The first-order valence-electron chi connectivity index (χ1n) is 6.30. The Kier molecular flexibility index (Phi) is 3.16. The van der Waals surface area contributed by atoms with Crippen LogP contribution in [-0.2, 0) is 7.05 Å². The van der Waals surface area contributed by atoms with Gasteiger partial charge in [0.05, 0.1) is 6.20 Å². The lowest BCUT2D eigenvalue weighted by Crippen LogP contribution is -2.00. The normalized spacial score (nSPS) is 11.2. The van der Waals surface area contributed by atoms with Crippen molar-refractivity contribution in [3.8, 4) is 11.1 Å². The Morgan fingerprint density at radius 3 is 2.33 bits per heavy atom. The van der Waals surface area contributed by atoms with Crippen LogP contribution in [0.15, 0.2) is 18.3 Å². The fraction of sp³-hybridized carbons (Fsp3) is 0.400. The molecule has 0 radical (unpaired) electrons. The number of aryl methyl sites for hydroxylation is 2. The standard InChI is InChI=1S/C15H21N3/c1-9(2)12-6-10(3)11(4)13(7-12)14-8-17-18(5)15(14)16/h6-9H,16H2,1-5H3. The van der Waals surface area contributed by atoms with E-state index in [9.17, 15) is 0 Å². The molecule has 18 heavy (non-hydrogen) atoms. The number of nitrogen functional groups attached to an aromatic ring is 1. The number of hydrogen-bond donors (Lipinski definition) is 1. The van der Waals surface area contributed by atoms with E-state index in [2.05, 4.69) is 44.9 Å². The van der Waals surface area contributed by atoms with Crippen LogP contribution in [0.2, 0.25) is 0 Å². The third kappa shape index (κ3) is 2.01.